The number of carbonyl (C=O) groups excluding carboxylic acids is 1. The number of methoxy groups -OCH3 is 1. The summed E-state index contributed by atoms with van der Waals surface area (Å²) in [7, 11) is 3.32. The van der Waals surface area contributed by atoms with Crippen molar-refractivity contribution in [2.45, 2.75) is 24.3 Å². The van der Waals surface area contributed by atoms with Crippen LogP contribution in [0.3, 0.4) is 0 Å². The standard InChI is InChI=1S/C23H28BrN5O4S/c1-15(14-31-3)32-17-9-16(22(30)28-21(25)5-6-26-2)10-18(11-17)33-23-20(24)12-19(13-27-23)34-29-7-4-8-29/h5-6,9-13,15,26H,4,7-8,14H2,1-3H3,(H2,25,28,30)/b6-5-. The van der Waals surface area contributed by atoms with Gasteiger partial charge in [-0.05, 0) is 71.7 Å². The number of nitrogens with one attached hydrogen (secondary N) is 1. The molecule has 1 unspecified atom stereocenters. The third-order valence-corrected chi connectivity index (χ3v) is 6.19. The molecule has 1 aliphatic heterocycles. The van der Waals surface area contributed by atoms with E-state index < -0.39 is 5.91 Å². The van der Waals surface area contributed by atoms with Gasteiger partial charge in [-0.15, -0.1) is 0 Å². The summed E-state index contributed by atoms with van der Waals surface area (Å²) in [5, 5.41) is 2.80. The topological polar surface area (TPSA) is 111 Å². The van der Waals surface area contributed by atoms with Gasteiger partial charge in [-0.1, -0.05) is 0 Å². The van der Waals surface area contributed by atoms with Crippen LogP contribution in [-0.2, 0) is 4.74 Å². The Morgan fingerprint density at radius 1 is 1.35 bits per heavy atom. The Bertz CT molecular complexity index is 1060. The molecule has 1 aromatic heterocycles. The zero-order valence-corrected chi connectivity index (χ0v) is 21.7. The summed E-state index contributed by atoms with van der Waals surface area (Å²) < 4.78 is 20.0. The van der Waals surface area contributed by atoms with Crippen molar-refractivity contribution in [1.29, 1.82) is 0 Å². The number of hydrogen-bond donors (Lipinski definition) is 2. The normalized spacial score (nSPS) is 15.1. The first-order chi connectivity index (χ1) is 16.4. The zero-order valence-electron chi connectivity index (χ0n) is 19.3. The molecule has 182 valence electrons. The van der Waals surface area contributed by atoms with Crippen LogP contribution in [0.25, 0.3) is 0 Å². The molecule has 2 heterocycles. The molecule has 1 aromatic carbocycles. The van der Waals surface area contributed by atoms with Crippen molar-refractivity contribution in [3.8, 4) is 17.4 Å². The number of benzene rings is 1. The largest absolute Gasteiger partial charge is 0.488 e. The Morgan fingerprint density at radius 3 is 2.76 bits per heavy atom. The summed E-state index contributed by atoms with van der Waals surface area (Å²) in [6.45, 7) is 4.40. The molecule has 0 radical (unpaired) electrons. The minimum atomic E-state index is -0.527. The second-order valence-corrected chi connectivity index (χ2v) is 9.50. The van der Waals surface area contributed by atoms with Crippen LogP contribution < -0.4 is 20.5 Å². The summed E-state index contributed by atoms with van der Waals surface area (Å²) >= 11 is 5.20. The maximum absolute atomic E-state index is 12.7. The van der Waals surface area contributed by atoms with Gasteiger partial charge in [-0.2, -0.15) is 4.99 Å². The minimum Gasteiger partial charge on any atom is -0.488 e. The fourth-order valence-electron chi connectivity index (χ4n) is 2.88. The number of halogens is 1. The number of aromatic nitrogens is 1. The summed E-state index contributed by atoms with van der Waals surface area (Å²) in [5.41, 5.74) is 6.07. The Balaban J connectivity index is 1.85. The number of aliphatic imine (C=N–C) groups is 1. The molecule has 3 N–H and O–H groups in total. The molecule has 1 saturated heterocycles. The van der Waals surface area contributed by atoms with E-state index in [0.29, 0.717) is 28.5 Å². The first kappa shape index (κ1) is 26.0. The van der Waals surface area contributed by atoms with Gasteiger partial charge < -0.3 is 25.3 Å². The molecule has 1 aliphatic rings. The molecule has 0 spiro atoms. The monoisotopic (exact) mass is 549 g/mol. The van der Waals surface area contributed by atoms with Gasteiger partial charge in [-0.3, -0.25) is 4.79 Å². The minimum absolute atomic E-state index is 0.0700. The van der Waals surface area contributed by atoms with E-state index in [0.717, 1.165) is 18.0 Å². The molecule has 11 heteroatoms. The van der Waals surface area contributed by atoms with E-state index in [1.807, 2.05) is 13.0 Å². The lowest BCUT2D eigenvalue weighted by Crippen LogP contribution is -2.30. The summed E-state index contributed by atoms with van der Waals surface area (Å²) in [6, 6.07) is 6.81. The predicted octanol–water partition coefficient (Wildman–Crippen LogP) is 3.99. The molecule has 0 aliphatic carbocycles. The number of nitrogens with two attached hydrogens (primary N) is 1. The van der Waals surface area contributed by atoms with E-state index in [9.17, 15) is 4.79 Å². The molecule has 1 atom stereocenters. The highest BCUT2D eigenvalue weighted by Crippen LogP contribution is 2.35. The van der Waals surface area contributed by atoms with Gasteiger partial charge in [0.1, 0.15) is 23.4 Å². The van der Waals surface area contributed by atoms with Crippen LogP contribution in [0.5, 0.6) is 17.4 Å². The molecular weight excluding hydrogens is 522 g/mol. The summed E-state index contributed by atoms with van der Waals surface area (Å²) in [5.74, 6) is 0.725. The fraction of sp³-hybridized carbons (Fsp3) is 0.348. The van der Waals surface area contributed by atoms with Crippen LogP contribution in [0.2, 0.25) is 0 Å². The van der Waals surface area contributed by atoms with E-state index in [-0.39, 0.29) is 17.5 Å². The van der Waals surface area contributed by atoms with E-state index >= 15 is 0 Å². The van der Waals surface area contributed by atoms with Crippen molar-refractivity contribution in [3.05, 3.63) is 52.8 Å². The van der Waals surface area contributed by atoms with Gasteiger partial charge in [0, 0.05) is 50.0 Å². The van der Waals surface area contributed by atoms with Gasteiger partial charge in [-0.25, -0.2) is 9.29 Å². The maximum atomic E-state index is 12.7. The van der Waals surface area contributed by atoms with Crippen molar-refractivity contribution >= 4 is 39.6 Å². The Morgan fingerprint density at radius 2 is 2.12 bits per heavy atom. The number of nitrogens with zero attached hydrogens (tertiary/aromatic N) is 3. The fourth-order valence-corrected chi connectivity index (χ4v) is 4.47. The van der Waals surface area contributed by atoms with Crippen molar-refractivity contribution in [1.82, 2.24) is 14.6 Å². The molecule has 1 amide bonds. The lowest BCUT2D eigenvalue weighted by molar-refractivity contribution is 0.0914. The highest BCUT2D eigenvalue weighted by Gasteiger charge is 2.17. The van der Waals surface area contributed by atoms with Crippen molar-refractivity contribution in [2.75, 3.05) is 33.9 Å². The van der Waals surface area contributed by atoms with Crippen LogP contribution in [0, 0.1) is 0 Å². The van der Waals surface area contributed by atoms with E-state index in [1.165, 1.54) is 12.5 Å². The molecule has 34 heavy (non-hydrogen) atoms. The Hall–Kier alpha value is -2.60. The molecule has 9 nitrogen and oxygen atoms in total. The van der Waals surface area contributed by atoms with Gasteiger partial charge in [0.05, 0.1) is 11.1 Å². The van der Waals surface area contributed by atoms with Crippen LogP contribution in [0.4, 0.5) is 0 Å². The van der Waals surface area contributed by atoms with Crippen LogP contribution in [0.1, 0.15) is 23.7 Å². The van der Waals surface area contributed by atoms with Gasteiger partial charge >= 0.3 is 0 Å². The quantitative estimate of drug-likeness (QED) is 0.244. The Labute approximate surface area is 212 Å². The molecule has 3 rings (SSSR count). The first-order valence-electron chi connectivity index (χ1n) is 10.7. The number of amidine groups is 1. The number of rotatable bonds is 11. The number of amides is 1. The van der Waals surface area contributed by atoms with E-state index in [2.05, 4.69) is 35.5 Å². The lowest BCUT2D eigenvalue weighted by Gasteiger charge is -2.28. The first-order valence-corrected chi connectivity index (χ1v) is 12.2. The highest BCUT2D eigenvalue weighted by atomic mass is 79.9. The zero-order chi connectivity index (χ0) is 24.5. The number of pyridine rings is 1. The van der Waals surface area contributed by atoms with E-state index in [4.69, 9.17) is 19.9 Å². The number of hydrogen-bond acceptors (Lipinski definition) is 8. The van der Waals surface area contributed by atoms with Crippen molar-refractivity contribution in [2.24, 2.45) is 10.7 Å². The molecule has 2 aromatic rings. The average Bonchev–Trinajstić information content (AvgIpc) is 2.76. The second kappa shape index (κ2) is 12.7. The van der Waals surface area contributed by atoms with Gasteiger partial charge in [0.15, 0.2) is 0 Å². The molecule has 0 saturated carbocycles. The summed E-state index contributed by atoms with van der Waals surface area (Å²) in [6.07, 6.45) is 5.82. The van der Waals surface area contributed by atoms with E-state index in [1.54, 1.807) is 56.7 Å². The lowest BCUT2D eigenvalue weighted by atomic mass is 10.2. The van der Waals surface area contributed by atoms with Crippen LogP contribution in [0.15, 0.2) is 57.1 Å². The van der Waals surface area contributed by atoms with Gasteiger partial charge in [0.2, 0.25) is 5.88 Å². The van der Waals surface area contributed by atoms with Crippen LogP contribution >= 0.6 is 27.9 Å². The highest BCUT2D eigenvalue weighted by molar-refractivity contribution is 9.10. The third-order valence-electron chi connectivity index (χ3n) is 4.56. The number of carbonyl (C=O) groups is 1. The average molecular weight is 550 g/mol. The SMILES string of the molecule is CN/C=C\C(N)=NC(=O)c1cc(Oc2ncc(SN3CCC3)cc2Br)cc(OC(C)COC)c1. The van der Waals surface area contributed by atoms with Gasteiger partial charge in [0.25, 0.3) is 5.91 Å². The third kappa shape index (κ3) is 7.73. The predicted molar refractivity (Wildman–Crippen MR) is 137 cm³/mol. The summed E-state index contributed by atoms with van der Waals surface area (Å²) in [4.78, 5) is 22.1. The van der Waals surface area contributed by atoms with Crippen LogP contribution in [-0.4, -0.2) is 61.0 Å². The second-order valence-electron chi connectivity index (χ2n) is 7.47. The maximum Gasteiger partial charge on any atom is 0.279 e. The molecular formula is C23H28BrN5O4S. The smallest absolute Gasteiger partial charge is 0.279 e. The molecule has 1 fully saturated rings. The Kier molecular flexibility index (Phi) is 9.75. The van der Waals surface area contributed by atoms with Crippen molar-refractivity contribution in [3.63, 3.8) is 0 Å². The van der Waals surface area contributed by atoms with Crippen molar-refractivity contribution < 1.29 is 19.0 Å². The molecule has 0 bridgehead atoms. The number of ether oxygens (including phenoxy) is 3.